The SMILES string of the molecule is COc1nc(C)cnc1NS(=O)(=O)c1cccnc1-c1ccc(COC(C)(C)CO)cc1. The summed E-state index contributed by atoms with van der Waals surface area (Å²) in [6, 6.07) is 10.2. The monoisotopic (exact) mass is 458 g/mol. The molecule has 0 aliphatic carbocycles. The van der Waals surface area contributed by atoms with E-state index in [1.807, 2.05) is 12.1 Å². The van der Waals surface area contributed by atoms with Crippen molar-refractivity contribution in [3.8, 4) is 17.1 Å². The molecule has 0 aliphatic rings. The van der Waals surface area contributed by atoms with Gasteiger partial charge >= 0.3 is 0 Å². The van der Waals surface area contributed by atoms with Gasteiger partial charge in [-0.2, -0.15) is 0 Å². The molecule has 0 spiro atoms. The van der Waals surface area contributed by atoms with Gasteiger partial charge in [0.2, 0.25) is 5.82 Å². The van der Waals surface area contributed by atoms with E-state index in [2.05, 4.69) is 19.7 Å². The van der Waals surface area contributed by atoms with E-state index in [1.165, 1.54) is 25.6 Å². The predicted molar refractivity (Wildman–Crippen MR) is 120 cm³/mol. The van der Waals surface area contributed by atoms with Crippen molar-refractivity contribution < 1.29 is 23.0 Å². The fourth-order valence-corrected chi connectivity index (χ4v) is 3.94. The van der Waals surface area contributed by atoms with Crippen LogP contribution >= 0.6 is 0 Å². The van der Waals surface area contributed by atoms with Crippen molar-refractivity contribution in [2.45, 2.75) is 37.9 Å². The Morgan fingerprint density at radius 2 is 1.84 bits per heavy atom. The summed E-state index contributed by atoms with van der Waals surface area (Å²) in [5.41, 5.74) is 1.75. The maximum atomic E-state index is 13.1. The fourth-order valence-electron chi connectivity index (χ4n) is 2.76. The van der Waals surface area contributed by atoms with Gasteiger partial charge in [0.1, 0.15) is 4.90 Å². The van der Waals surface area contributed by atoms with Gasteiger partial charge in [0.15, 0.2) is 0 Å². The largest absolute Gasteiger partial charge is 0.478 e. The van der Waals surface area contributed by atoms with Gasteiger partial charge < -0.3 is 14.6 Å². The Kier molecular flexibility index (Phi) is 7.07. The second kappa shape index (κ2) is 9.60. The van der Waals surface area contributed by atoms with E-state index in [-0.39, 0.29) is 23.2 Å². The molecule has 2 N–H and O–H groups in total. The van der Waals surface area contributed by atoms with E-state index in [0.29, 0.717) is 23.6 Å². The Hall–Kier alpha value is -3.08. The van der Waals surface area contributed by atoms with Gasteiger partial charge in [0, 0.05) is 11.8 Å². The summed E-state index contributed by atoms with van der Waals surface area (Å²) in [6.45, 7) is 5.55. The number of methoxy groups -OCH3 is 1. The third-order valence-electron chi connectivity index (χ3n) is 4.58. The van der Waals surface area contributed by atoms with Gasteiger partial charge in [0.05, 0.1) is 43.5 Å². The average Bonchev–Trinajstić information content (AvgIpc) is 2.79. The van der Waals surface area contributed by atoms with Crippen molar-refractivity contribution in [2.24, 2.45) is 0 Å². The summed E-state index contributed by atoms with van der Waals surface area (Å²) in [4.78, 5) is 12.5. The van der Waals surface area contributed by atoms with Crippen molar-refractivity contribution >= 4 is 15.8 Å². The normalized spacial score (nSPS) is 11.9. The zero-order valence-corrected chi connectivity index (χ0v) is 19.2. The number of nitrogens with one attached hydrogen (secondary N) is 1. The number of hydrogen-bond donors (Lipinski definition) is 2. The Morgan fingerprint density at radius 1 is 1.12 bits per heavy atom. The smallest absolute Gasteiger partial charge is 0.265 e. The van der Waals surface area contributed by atoms with E-state index in [4.69, 9.17) is 9.47 Å². The first kappa shape index (κ1) is 23.6. The zero-order chi connectivity index (χ0) is 23.4. The molecule has 0 bridgehead atoms. The number of aryl methyl sites for hydroxylation is 1. The van der Waals surface area contributed by atoms with Gasteiger partial charge in [0.25, 0.3) is 15.9 Å². The molecule has 9 nitrogen and oxygen atoms in total. The summed E-state index contributed by atoms with van der Waals surface area (Å²) in [7, 11) is -2.64. The van der Waals surface area contributed by atoms with E-state index < -0.39 is 15.6 Å². The highest BCUT2D eigenvalue weighted by atomic mass is 32.2. The lowest BCUT2D eigenvalue weighted by Crippen LogP contribution is -2.28. The number of hydrogen-bond acceptors (Lipinski definition) is 8. The van der Waals surface area contributed by atoms with Crippen LogP contribution in [0.4, 0.5) is 5.82 Å². The van der Waals surface area contributed by atoms with Crippen molar-refractivity contribution in [3.05, 3.63) is 60.0 Å². The lowest BCUT2D eigenvalue weighted by atomic mass is 10.1. The molecule has 0 saturated heterocycles. The van der Waals surface area contributed by atoms with Crippen LogP contribution in [-0.4, -0.2) is 47.8 Å². The Morgan fingerprint density at radius 3 is 2.50 bits per heavy atom. The predicted octanol–water partition coefficient (Wildman–Crippen LogP) is 2.94. The molecule has 10 heteroatoms. The molecule has 3 rings (SSSR count). The molecular weight excluding hydrogens is 432 g/mol. The minimum atomic E-state index is -4.03. The minimum absolute atomic E-state index is 0.00478. The first-order valence-corrected chi connectivity index (χ1v) is 11.3. The Bertz CT molecular complexity index is 1180. The number of rotatable bonds is 9. The summed E-state index contributed by atoms with van der Waals surface area (Å²) in [5.74, 6) is 0.0704. The molecule has 32 heavy (non-hydrogen) atoms. The molecule has 0 atom stereocenters. The van der Waals surface area contributed by atoms with Gasteiger partial charge in [-0.15, -0.1) is 0 Å². The number of nitrogens with zero attached hydrogens (tertiary/aromatic N) is 3. The summed E-state index contributed by atoms with van der Waals surface area (Å²) in [6.07, 6.45) is 2.98. The molecule has 0 aliphatic heterocycles. The second-order valence-electron chi connectivity index (χ2n) is 7.73. The number of aliphatic hydroxyl groups excluding tert-OH is 1. The highest BCUT2D eigenvalue weighted by molar-refractivity contribution is 7.92. The maximum Gasteiger partial charge on any atom is 0.265 e. The summed E-state index contributed by atoms with van der Waals surface area (Å²) < 4.78 is 39.6. The van der Waals surface area contributed by atoms with Crippen molar-refractivity contribution in [1.82, 2.24) is 15.0 Å². The first-order valence-electron chi connectivity index (χ1n) is 9.85. The molecule has 170 valence electrons. The lowest BCUT2D eigenvalue weighted by Gasteiger charge is -2.22. The maximum absolute atomic E-state index is 13.1. The highest BCUT2D eigenvalue weighted by Crippen LogP contribution is 2.29. The number of sulfonamides is 1. The van der Waals surface area contributed by atoms with Crippen LogP contribution in [0.5, 0.6) is 5.88 Å². The molecule has 0 radical (unpaired) electrons. The van der Waals surface area contributed by atoms with E-state index >= 15 is 0 Å². The molecule has 2 heterocycles. The quantitative estimate of drug-likeness (QED) is 0.502. The number of benzene rings is 1. The molecule has 0 saturated carbocycles. The van der Waals surface area contributed by atoms with Crippen molar-refractivity contribution in [1.29, 1.82) is 0 Å². The van der Waals surface area contributed by atoms with Crippen LogP contribution in [0, 0.1) is 6.92 Å². The van der Waals surface area contributed by atoms with Crippen molar-refractivity contribution in [2.75, 3.05) is 18.4 Å². The molecule has 0 unspecified atom stereocenters. The minimum Gasteiger partial charge on any atom is -0.478 e. The number of ether oxygens (including phenoxy) is 2. The molecule has 2 aromatic heterocycles. The third-order valence-corrected chi connectivity index (χ3v) is 5.95. The fraction of sp³-hybridized carbons (Fsp3) is 0.318. The Labute approximate surface area is 187 Å². The number of aliphatic hydroxyl groups is 1. The molecule has 1 aromatic carbocycles. The van der Waals surface area contributed by atoms with E-state index in [0.717, 1.165) is 5.56 Å². The van der Waals surface area contributed by atoms with Crippen LogP contribution in [-0.2, 0) is 21.4 Å². The number of anilines is 1. The Balaban J connectivity index is 1.89. The van der Waals surface area contributed by atoms with Crippen LogP contribution in [0.2, 0.25) is 0 Å². The van der Waals surface area contributed by atoms with E-state index in [9.17, 15) is 13.5 Å². The number of aromatic nitrogens is 3. The molecule has 3 aromatic rings. The van der Waals surface area contributed by atoms with Gasteiger partial charge in [-0.1, -0.05) is 24.3 Å². The standard InChI is InChI=1S/C22H26N4O5S/c1-15-12-24-20(21(25-15)30-4)26-32(28,29)18-6-5-11-23-19(18)17-9-7-16(8-10-17)13-31-22(2,3)14-27/h5-12,27H,13-14H2,1-4H3,(H,24,26). The van der Waals surface area contributed by atoms with Gasteiger partial charge in [-0.3, -0.25) is 9.71 Å². The molecular formula is C22H26N4O5S. The van der Waals surface area contributed by atoms with Crippen LogP contribution in [0.15, 0.2) is 53.7 Å². The zero-order valence-electron chi connectivity index (χ0n) is 18.4. The summed E-state index contributed by atoms with van der Waals surface area (Å²) in [5, 5.41) is 9.31. The molecule has 0 amide bonds. The van der Waals surface area contributed by atoms with Gasteiger partial charge in [-0.05, 0) is 38.5 Å². The highest BCUT2D eigenvalue weighted by Gasteiger charge is 2.23. The van der Waals surface area contributed by atoms with E-state index in [1.54, 1.807) is 39.0 Å². The van der Waals surface area contributed by atoms with Crippen LogP contribution in [0.3, 0.4) is 0 Å². The topological polar surface area (TPSA) is 124 Å². The first-order chi connectivity index (χ1) is 15.1. The molecule has 0 fully saturated rings. The average molecular weight is 459 g/mol. The van der Waals surface area contributed by atoms with Crippen molar-refractivity contribution in [3.63, 3.8) is 0 Å². The van der Waals surface area contributed by atoms with Gasteiger partial charge in [-0.25, -0.2) is 18.4 Å². The summed E-state index contributed by atoms with van der Waals surface area (Å²) >= 11 is 0. The lowest BCUT2D eigenvalue weighted by molar-refractivity contribution is -0.0633. The number of pyridine rings is 1. The van der Waals surface area contributed by atoms with Crippen LogP contribution in [0.1, 0.15) is 25.1 Å². The van der Waals surface area contributed by atoms with Crippen LogP contribution in [0.25, 0.3) is 11.3 Å². The third kappa shape index (κ3) is 5.58. The second-order valence-corrected chi connectivity index (χ2v) is 9.38. The van der Waals surface area contributed by atoms with Crippen LogP contribution < -0.4 is 9.46 Å².